The average molecular weight is 268 g/mol. The van der Waals surface area contributed by atoms with Gasteiger partial charge in [0, 0.05) is 18.3 Å². The Kier molecular flexibility index (Phi) is 6.43. The van der Waals surface area contributed by atoms with Crippen LogP contribution in [0.25, 0.3) is 0 Å². The lowest BCUT2D eigenvalue weighted by molar-refractivity contribution is 0.252. The molecule has 2 N–H and O–H groups in total. The monoisotopic (exact) mass is 268 g/mol. The Balaban J connectivity index is 2.48. The first-order valence-corrected chi connectivity index (χ1v) is 7.25. The third-order valence-corrected chi connectivity index (χ3v) is 3.20. The van der Waals surface area contributed by atoms with E-state index in [9.17, 15) is 4.79 Å². The maximum Gasteiger partial charge on any atom is 0.319 e. The van der Waals surface area contributed by atoms with Crippen molar-refractivity contribution in [3.8, 4) is 5.75 Å². The third-order valence-electron chi connectivity index (χ3n) is 2.50. The van der Waals surface area contributed by atoms with E-state index in [1.54, 1.807) is 18.9 Å². The number of urea groups is 1. The van der Waals surface area contributed by atoms with Crippen LogP contribution >= 0.6 is 11.8 Å². The van der Waals surface area contributed by atoms with Crippen molar-refractivity contribution in [2.45, 2.75) is 13.3 Å². The molecule has 0 heterocycles. The molecule has 0 saturated heterocycles. The Bertz CT molecular complexity index is 397. The second-order valence-corrected chi connectivity index (χ2v) is 4.89. The van der Waals surface area contributed by atoms with Gasteiger partial charge in [0.15, 0.2) is 0 Å². The average Bonchev–Trinajstić information content (AvgIpc) is 2.37. The number of hydrogen-bond donors (Lipinski definition) is 2. The number of ether oxygens (including phenoxy) is 1. The second kappa shape index (κ2) is 7.87. The summed E-state index contributed by atoms with van der Waals surface area (Å²) in [4.78, 5) is 11.7. The first kappa shape index (κ1) is 14.7. The number of benzene rings is 1. The van der Waals surface area contributed by atoms with Crippen LogP contribution in [0.5, 0.6) is 5.75 Å². The molecule has 1 aromatic rings. The SMILES string of the molecule is COc1ccc(C)c(NC(=O)NCCCSC)c1. The Morgan fingerprint density at radius 1 is 1.44 bits per heavy atom. The molecule has 0 radical (unpaired) electrons. The third kappa shape index (κ3) is 4.87. The number of aryl methyl sites for hydroxylation is 1. The van der Waals surface area contributed by atoms with Crippen LogP contribution in [0.1, 0.15) is 12.0 Å². The second-order valence-electron chi connectivity index (χ2n) is 3.91. The smallest absolute Gasteiger partial charge is 0.319 e. The summed E-state index contributed by atoms with van der Waals surface area (Å²) in [5.41, 5.74) is 1.78. The van der Waals surface area contributed by atoms with E-state index in [-0.39, 0.29) is 6.03 Å². The molecule has 0 aliphatic carbocycles. The standard InChI is InChI=1S/C13H20N2O2S/c1-10-5-6-11(17-2)9-12(10)15-13(16)14-7-4-8-18-3/h5-6,9H,4,7-8H2,1-3H3,(H2,14,15,16). The van der Waals surface area contributed by atoms with Crippen molar-refractivity contribution in [3.05, 3.63) is 23.8 Å². The van der Waals surface area contributed by atoms with E-state index in [2.05, 4.69) is 16.9 Å². The van der Waals surface area contributed by atoms with Gasteiger partial charge in [-0.3, -0.25) is 0 Å². The lowest BCUT2D eigenvalue weighted by Gasteiger charge is -2.11. The zero-order chi connectivity index (χ0) is 13.4. The molecule has 1 aromatic carbocycles. The summed E-state index contributed by atoms with van der Waals surface area (Å²) in [6.07, 6.45) is 3.03. The number of rotatable bonds is 6. The van der Waals surface area contributed by atoms with E-state index in [0.29, 0.717) is 6.54 Å². The Morgan fingerprint density at radius 2 is 2.22 bits per heavy atom. The van der Waals surface area contributed by atoms with Crippen LogP contribution in [-0.2, 0) is 0 Å². The largest absolute Gasteiger partial charge is 0.497 e. The zero-order valence-electron chi connectivity index (χ0n) is 11.1. The first-order chi connectivity index (χ1) is 8.67. The molecular weight excluding hydrogens is 248 g/mol. The number of carbonyl (C=O) groups is 1. The molecule has 1 rings (SSSR count). The molecule has 0 unspecified atom stereocenters. The molecule has 0 aromatic heterocycles. The highest BCUT2D eigenvalue weighted by atomic mass is 32.2. The van der Waals surface area contributed by atoms with Crippen molar-refractivity contribution in [3.63, 3.8) is 0 Å². The highest BCUT2D eigenvalue weighted by Crippen LogP contribution is 2.21. The van der Waals surface area contributed by atoms with Crippen molar-refractivity contribution in [2.75, 3.05) is 31.0 Å². The van der Waals surface area contributed by atoms with Crippen LogP contribution in [0.15, 0.2) is 18.2 Å². The van der Waals surface area contributed by atoms with Crippen LogP contribution in [0.4, 0.5) is 10.5 Å². The molecule has 0 aliphatic heterocycles. The van der Waals surface area contributed by atoms with Crippen LogP contribution in [0, 0.1) is 6.92 Å². The molecule has 2 amide bonds. The molecule has 100 valence electrons. The lowest BCUT2D eigenvalue weighted by atomic mass is 10.2. The predicted octanol–water partition coefficient (Wildman–Crippen LogP) is 2.88. The summed E-state index contributed by atoms with van der Waals surface area (Å²) >= 11 is 1.78. The van der Waals surface area contributed by atoms with Gasteiger partial charge >= 0.3 is 6.03 Å². The summed E-state index contributed by atoms with van der Waals surface area (Å²) in [5, 5.41) is 5.65. The molecule has 0 saturated carbocycles. The minimum atomic E-state index is -0.174. The highest BCUT2D eigenvalue weighted by molar-refractivity contribution is 7.98. The van der Waals surface area contributed by atoms with Crippen LogP contribution in [0.2, 0.25) is 0 Å². The van der Waals surface area contributed by atoms with Gasteiger partial charge in [0.05, 0.1) is 7.11 Å². The van der Waals surface area contributed by atoms with E-state index in [1.807, 2.05) is 25.1 Å². The molecule has 4 nitrogen and oxygen atoms in total. The van der Waals surface area contributed by atoms with Crippen molar-refractivity contribution in [1.82, 2.24) is 5.32 Å². The van der Waals surface area contributed by atoms with Crippen molar-refractivity contribution < 1.29 is 9.53 Å². The highest BCUT2D eigenvalue weighted by Gasteiger charge is 2.05. The summed E-state index contributed by atoms with van der Waals surface area (Å²) in [6.45, 7) is 2.64. The Hall–Kier alpha value is -1.36. The molecule has 5 heteroatoms. The Labute approximate surface area is 112 Å². The number of thioether (sulfide) groups is 1. The lowest BCUT2D eigenvalue weighted by Crippen LogP contribution is -2.30. The minimum absolute atomic E-state index is 0.174. The summed E-state index contributed by atoms with van der Waals surface area (Å²) in [6, 6.07) is 5.43. The molecular formula is C13H20N2O2S. The van der Waals surface area contributed by atoms with Crippen molar-refractivity contribution in [1.29, 1.82) is 0 Å². The van der Waals surface area contributed by atoms with Gasteiger partial charge in [-0.15, -0.1) is 0 Å². The molecule has 0 spiro atoms. The topological polar surface area (TPSA) is 50.4 Å². The molecule has 0 bridgehead atoms. The summed E-state index contributed by atoms with van der Waals surface area (Å²) in [7, 11) is 1.61. The van der Waals surface area contributed by atoms with Crippen LogP contribution in [0.3, 0.4) is 0 Å². The maximum atomic E-state index is 11.7. The fourth-order valence-corrected chi connectivity index (χ4v) is 1.88. The van der Waals surface area contributed by atoms with Gasteiger partial charge in [-0.2, -0.15) is 11.8 Å². The van der Waals surface area contributed by atoms with Gasteiger partial charge in [-0.05, 0) is 37.0 Å². The van der Waals surface area contributed by atoms with Crippen LogP contribution < -0.4 is 15.4 Å². The van der Waals surface area contributed by atoms with E-state index in [4.69, 9.17) is 4.74 Å². The van der Waals surface area contributed by atoms with Crippen molar-refractivity contribution in [2.24, 2.45) is 0 Å². The number of hydrogen-bond acceptors (Lipinski definition) is 3. The van der Waals surface area contributed by atoms with Crippen molar-refractivity contribution >= 4 is 23.5 Å². The number of amides is 2. The van der Waals surface area contributed by atoms with Gasteiger partial charge < -0.3 is 15.4 Å². The van der Waals surface area contributed by atoms with Gasteiger partial charge in [0.2, 0.25) is 0 Å². The maximum absolute atomic E-state index is 11.7. The van der Waals surface area contributed by atoms with Gasteiger partial charge in [-0.25, -0.2) is 4.79 Å². The fourth-order valence-electron chi connectivity index (χ4n) is 1.45. The van der Waals surface area contributed by atoms with Gasteiger partial charge in [-0.1, -0.05) is 6.07 Å². The summed E-state index contributed by atoms with van der Waals surface area (Å²) < 4.78 is 5.13. The van der Waals surface area contributed by atoms with Gasteiger partial charge in [0.25, 0.3) is 0 Å². The fraction of sp³-hybridized carbons (Fsp3) is 0.462. The van der Waals surface area contributed by atoms with Gasteiger partial charge in [0.1, 0.15) is 5.75 Å². The van der Waals surface area contributed by atoms with E-state index in [0.717, 1.165) is 29.2 Å². The molecule has 18 heavy (non-hydrogen) atoms. The minimum Gasteiger partial charge on any atom is -0.497 e. The van der Waals surface area contributed by atoms with E-state index in [1.165, 1.54) is 0 Å². The normalized spacial score (nSPS) is 9.94. The summed E-state index contributed by atoms with van der Waals surface area (Å²) in [5.74, 6) is 1.79. The van der Waals surface area contributed by atoms with E-state index >= 15 is 0 Å². The van der Waals surface area contributed by atoms with E-state index < -0.39 is 0 Å². The zero-order valence-corrected chi connectivity index (χ0v) is 11.9. The molecule has 0 aliphatic rings. The number of nitrogens with one attached hydrogen (secondary N) is 2. The number of anilines is 1. The number of methoxy groups -OCH3 is 1. The first-order valence-electron chi connectivity index (χ1n) is 5.86. The quantitative estimate of drug-likeness (QED) is 0.780. The molecule has 0 fully saturated rings. The molecule has 0 atom stereocenters. The predicted molar refractivity (Wildman–Crippen MR) is 77.8 cm³/mol. The Morgan fingerprint density at radius 3 is 2.89 bits per heavy atom. The van der Waals surface area contributed by atoms with Crippen LogP contribution in [-0.4, -0.2) is 31.7 Å². The number of carbonyl (C=O) groups excluding carboxylic acids is 1.